The number of nitrogens with zero attached hydrogens (tertiary/aromatic N) is 3. The first-order valence-corrected chi connectivity index (χ1v) is 12.5. The van der Waals surface area contributed by atoms with Gasteiger partial charge in [-0.05, 0) is 73.2 Å². The lowest BCUT2D eigenvalue weighted by molar-refractivity contribution is 0.101. The van der Waals surface area contributed by atoms with Crippen LogP contribution < -0.4 is 15.8 Å². The molecule has 0 saturated heterocycles. The molecule has 0 aliphatic heterocycles. The molecule has 8 heteroatoms. The van der Waals surface area contributed by atoms with Gasteiger partial charge in [0.25, 0.3) is 5.91 Å². The first-order chi connectivity index (χ1) is 18.0. The van der Waals surface area contributed by atoms with Gasteiger partial charge in [0, 0.05) is 18.8 Å². The highest BCUT2D eigenvalue weighted by Crippen LogP contribution is 2.37. The summed E-state index contributed by atoms with van der Waals surface area (Å²) >= 11 is 0. The van der Waals surface area contributed by atoms with Crippen LogP contribution in [0.3, 0.4) is 0 Å². The number of carbonyl (C=O) groups excluding carboxylic acids is 1. The van der Waals surface area contributed by atoms with E-state index in [2.05, 4.69) is 15.4 Å². The third kappa shape index (κ3) is 6.03. The van der Waals surface area contributed by atoms with Crippen molar-refractivity contribution in [2.24, 2.45) is 11.7 Å². The van der Waals surface area contributed by atoms with Crippen LogP contribution in [-0.4, -0.2) is 20.7 Å². The molecular formula is C29H30FN5O2. The molecule has 3 N–H and O–H groups in total. The van der Waals surface area contributed by atoms with Gasteiger partial charge in [0.15, 0.2) is 0 Å². The Morgan fingerprint density at radius 2 is 2.03 bits per heavy atom. The van der Waals surface area contributed by atoms with E-state index < -0.39 is 11.7 Å². The Morgan fingerprint density at radius 3 is 2.78 bits per heavy atom. The third-order valence-corrected chi connectivity index (χ3v) is 6.50. The highest BCUT2D eigenvalue weighted by Gasteiger charge is 2.25. The van der Waals surface area contributed by atoms with E-state index in [1.165, 1.54) is 18.9 Å². The summed E-state index contributed by atoms with van der Waals surface area (Å²) in [5.41, 5.74) is 9.24. The Kier molecular flexibility index (Phi) is 7.28. The van der Waals surface area contributed by atoms with E-state index in [0.717, 1.165) is 29.9 Å². The van der Waals surface area contributed by atoms with Gasteiger partial charge in [0.05, 0.1) is 17.1 Å². The second kappa shape index (κ2) is 10.9. The van der Waals surface area contributed by atoms with Crippen molar-refractivity contribution in [1.29, 1.82) is 0 Å². The minimum Gasteiger partial charge on any atom is -0.469 e. The maximum Gasteiger partial charge on any atom is 0.274 e. The molecule has 0 spiro atoms. The molecule has 1 amide bonds. The SMILES string of the molecule is Cc1cc(C(=O)Nc2cc(C(CCC3CC3)Oc3ccccn3)ccc2F)n(-c2cccc(CN)c2)n1. The standard InChI is InChI=1S/C29H30FN5O2/c1-19-15-26(35(34-19)23-6-4-5-21(16-23)18-31)29(36)33-25-17-22(11-12-24(25)30)27(13-10-20-8-9-20)37-28-7-2-3-14-32-28/h2-7,11-12,14-17,20,27H,8-10,13,18,31H2,1H3,(H,33,36). The summed E-state index contributed by atoms with van der Waals surface area (Å²) in [5, 5.41) is 7.22. The van der Waals surface area contributed by atoms with E-state index in [1.54, 1.807) is 42.1 Å². The van der Waals surface area contributed by atoms with Crippen molar-refractivity contribution >= 4 is 11.6 Å². The van der Waals surface area contributed by atoms with Crippen LogP contribution in [0.4, 0.5) is 10.1 Å². The van der Waals surface area contributed by atoms with Crippen LogP contribution >= 0.6 is 0 Å². The zero-order valence-electron chi connectivity index (χ0n) is 20.7. The minimum atomic E-state index is -0.524. The van der Waals surface area contributed by atoms with Crippen molar-refractivity contribution in [2.45, 2.75) is 45.3 Å². The van der Waals surface area contributed by atoms with Crippen molar-refractivity contribution in [3.05, 3.63) is 101 Å². The van der Waals surface area contributed by atoms with E-state index in [1.807, 2.05) is 36.4 Å². The van der Waals surface area contributed by atoms with Crippen molar-refractivity contribution < 1.29 is 13.9 Å². The van der Waals surface area contributed by atoms with Crippen LogP contribution in [0.1, 0.15) is 59.1 Å². The van der Waals surface area contributed by atoms with E-state index in [9.17, 15) is 9.18 Å². The van der Waals surface area contributed by atoms with E-state index in [0.29, 0.717) is 29.5 Å². The Labute approximate surface area is 215 Å². The number of pyridine rings is 1. The number of ether oxygens (including phenoxy) is 1. The fourth-order valence-electron chi connectivity index (χ4n) is 4.35. The first-order valence-electron chi connectivity index (χ1n) is 12.5. The molecule has 0 radical (unpaired) electrons. The number of benzene rings is 2. The summed E-state index contributed by atoms with van der Waals surface area (Å²) < 4.78 is 22.6. The van der Waals surface area contributed by atoms with Crippen molar-refractivity contribution in [1.82, 2.24) is 14.8 Å². The van der Waals surface area contributed by atoms with Crippen molar-refractivity contribution in [3.8, 4) is 11.6 Å². The summed E-state index contributed by atoms with van der Waals surface area (Å²) in [4.78, 5) is 17.6. The van der Waals surface area contributed by atoms with Crippen LogP contribution in [0.5, 0.6) is 5.88 Å². The quantitative estimate of drug-likeness (QED) is 0.290. The number of nitrogens with two attached hydrogens (primary N) is 1. The molecular weight excluding hydrogens is 469 g/mol. The lowest BCUT2D eigenvalue weighted by Gasteiger charge is -2.20. The highest BCUT2D eigenvalue weighted by atomic mass is 19.1. The smallest absolute Gasteiger partial charge is 0.274 e. The average molecular weight is 500 g/mol. The molecule has 2 aromatic heterocycles. The summed E-state index contributed by atoms with van der Waals surface area (Å²) in [6.45, 7) is 2.18. The van der Waals surface area contributed by atoms with Crippen molar-refractivity contribution in [2.75, 3.05) is 5.32 Å². The Bertz CT molecular complexity index is 1380. The topological polar surface area (TPSA) is 95.1 Å². The number of nitrogens with one attached hydrogen (secondary N) is 1. The summed E-state index contributed by atoms with van der Waals surface area (Å²) in [6, 6.07) is 19.4. The Morgan fingerprint density at radius 1 is 1.16 bits per heavy atom. The highest BCUT2D eigenvalue weighted by molar-refractivity contribution is 6.03. The number of aromatic nitrogens is 3. The molecule has 1 atom stereocenters. The number of rotatable bonds is 10. The van der Waals surface area contributed by atoms with Gasteiger partial charge in [-0.2, -0.15) is 5.10 Å². The second-order valence-corrected chi connectivity index (χ2v) is 9.45. The van der Waals surface area contributed by atoms with Gasteiger partial charge in [-0.3, -0.25) is 4.79 Å². The number of aryl methyl sites for hydroxylation is 1. The number of hydrogen-bond acceptors (Lipinski definition) is 5. The molecule has 1 aliphatic carbocycles. The minimum absolute atomic E-state index is 0.0876. The second-order valence-electron chi connectivity index (χ2n) is 9.45. The monoisotopic (exact) mass is 499 g/mol. The zero-order chi connectivity index (χ0) is 25.8. The van der Waals surface area contributed by atoms with Crippen LogP contribution in [0.15, 0.2) is 72.9 Å². The van der Waals surface area contributed by atoms with Crippen LogP contribution in [0.25, 0.3) is 5.69 Å². The maximum atomic E-state index is 14.9. The Hall–Kier alpha value is -4.04. The van der Waals surface area contributed by atoms with Gasteiger partial charge < -0.3 is 15.8 Å². The summed E-state index contributed by atoms with van der Waals surface area (Å²) in [6.07, 6.45) is 5.65. The van der Waals surface area contributed by atoms with Crippen molar-refractivity contribution in [3.63, 3.8) is 0 Å². The summed E-state index contributed by atoms with van der Waals surface area (Å²) in [5.74, 6) is 0.242. The van der Waals surface area contributed by atoms with E-state index >= 15 is 0 Å². The molecule has 1 aliphatic rings. The van der Waals surface area contributed by atoms with Crippen LogP contribution in [0, 0.1) is 18.7 Å². The molecule has 5 rings (SSSR count). The predicted octanol–water partition coefficient (Wildman–Crippen LogP) is 5.74. The molecule has 1 fully saturated rings. The Balaban J connectivity index is 1.40. The van der Waals surface area contributed by atoms with E-state index in [4.69, 9.17) is 10.5 Å². The van der Waals surface area contributed by atoms with Gasteiger partial charge in [0.2, 0.25) is 5.88 Å². The molecule has 190 valence electrons. The fraction of sp³-hybridized carbons (Fsp3) is 0.276. The van der Waals surface area contributed by atoms with Gasteiger partial charge in [0.1, 0.15) is 17.6 Å². The average Bonchev–Trinajstić information content (AvgIpc) is 3.67. The van der Waals surface area contributed by atoms with Crippen LogP contribution in [0.2, 0.25) is 0 Å². The number of carbonyl (C=O) groups is 1. The van der Waals surface area contributed by atoms with Crippen LogP contribution in [-0.2, 0) is 6.54 Å². The van der Waals surface area contributed by atoms with Gasteiger partial charge in [-0.1, -0.05) is 37.1 Å². The molecule has 1 saturated carbocycles. The number of hydrogen-bond donors (Lipinski definition) is 2. The largest absolute Gasteiger partial charge is 0.469 e. The molecule has 4 aromatic rings. The normalized spacial score (nSPS) is 13.8. The first kappa shape index (κ1) is 24.6. The zero-order valence-corrected chi connectivity index (χ0v) is 20.7. The predicted molar refractivity (Wildman–Crippen MR) is 140 cm³/mol. The maximum absolute atomic E-state index is 14.9. The number of halogens is 1. The lowest BCUT2D eigenvalue weighted by atomic mass is 10.0. The lowest BCUT2D eigenvalue weighted by Crippen LogP contribution is -2.18. The number of amides is 1. The molecule has 37 heavy (non-hydrogen) atoms. The fourth-order valence-corrected chi connectivity index (χ4v) is 4.35. The molecule has 0 bridgehead atoms. The molecule has 2 aromatic carbocycles. The van der Waals surface area contributed by atoms with E-state index in [-0.39, 0.29) is 11.8 Å². The molecule has 7 nitrogen and oxygen atoms in total. The van der Waals surface area contributed by atoms with Gasteiger partial charge in [-0.25, -0.2) is 14.1 Å². The number of anilines is 1. The van der Waals surface area contributed by atoms with Gasteiger partial charge in [-0.15, -0.1) is 0 Å². The molecule has 2 heterocycles. The summed E-state index contributed by atoms with van der Waals surface area (Å²) in [7, 11) is 0. The third-order valence-electron chi connectivity index (χ3n) is 6.50. The van der Waals surface area contributed by atoms with Gasteiger partial charge >= 0.3 is 0 Å². The molecule has 1 unspecified atom stereocenters.